The fraction of sp³-hybridized carbons (Fsp3) is 0.214. The van der Waals surface area contributed by atoms with Crippen LogP contribution in [0.25, 0.3) is 5.03 Å². The molecule has 0 bridgehead atoms. The summed E-state index contributed by atoms with van der Waals surface area (Å²) >= 11 is 12.4. The highest BCUT2D eigenvalue weighted by molar-refractivity contribution is 6.48. The fourth-order valence-corrected chi connectivity index (χ4v) is 4.42. The maximum absolute atomic E-state index is 14.3. The lowest BCUT2D eigenvalue weighted by atomic mass is 10.1. The van der Waals surface area contributed by atoms with E-state index in [1.807, 2.05) is 32.1 Å². The SMILES string of the molecule is CC1(C)[C@H](C(=O)OC(C#N)c2ccc(F)c(Oc3ccccc3)c2)[C@@H]1C=C(Cl)c1ccc(Cl)cc1. The maximum atomic E-state index is 14.3. The molecule has 0 amide bonds. The third-order valence-corrected chi connectivity index (χ3v) is 6.79. The highest BCUT2D eigenvalue weighted by Gasteiger charge is 2.62. The molecule has 4 rings (SSSR count). The van der Waals surface area contributed by atoms with E-state index in [1.54, 1.807) is 48.5 Å². The summed E-state index contributed by atoms with van der Waals surface area (Å²) in [4.78, 5) is 13.0. The summed E-state index contributed by atoms with van der Waals surface area (Å²) in [6.07, 6.45) is 0.621. The highest BCUT2D eigenvalue weighted by atomic mass is 35.5. The Labute approximate surface area is 213 Å². The first kappa shape index (κ1) is 24.8. The number of esters is 1. The first-order valence-corrected chi connectivity index (χ1v) is 11.7. The number of para-hydroxylation sites is 1. The van der Waals surface area contributed by atoms with Gasteiger partial charge in [0.15, 0.2) is 11.6 Å². The average molecular weight is 510 g/mol. The Morgan fingerprint density at radius 2 is 1.80 bits per heavy atom. The molecule has 0 N–H and O–H groups in total. The second-order valence-corrected chi connectivity index (χ2v) is 9.74. The van der Waals surface area contributed by atoms with Gasteiger partial charge in [-0.2, -0.15) is 5.26 Å². The van der Waals surface area contributed by atoms with Crippen LogP contribution in [0.4, 0.5) is 4.39 Å². The second-order valence-electron chi connectivity index (χ2n) is 8.90. The minimum atomic E-state index is -1.21. The molecule has 1 aliphatic carbocycles. The van der Waals surface area contributed by atoms with E-state index in [-0.39, 0.29) is 11.7 Å². The van der Waals surface area contributed by atoms with Crippen LogP contribution >= 0.6 is 23.2 Å². The van der Waals surface area contributed by atoms with Crippen LogP contribution in [0.3, 0.4) is 0 Å². The summed E-state index contributed by atoms with van der Waals surface area (Å²) in [7, 11) is 0. The molecule has 0 aromatic heterocycles. The number of carbonyl (C=O) groups excluding carboxylic acids is 1. The van der Waals surface area contributed by atoms with Crippen LogP contribution in [-0.4, -0.2) is 5.97 Å². The number of allylic oxidation sites excluding steroid dienone is 1. The molecule has 3 aromatic carbocycles. The van der Waals surface area contributed by atoms with Gasteiger partial charge in [0.25, 0.3) is 0 Å². The Bertz CT molecular complexity index is 1300. The predicted octanol–water partition coefficient (Wildman–Crippen LogP) is 7.93. The molecule has 3 aromatic rings. The van der Waals surface area contributed by atoms with Crippen LogP contribution in [0.2, 0.25) is 5.02 Å². The molecule has 1 fully saturated rings. The average Bonchev–Trinajstić information content (AvgIpc) is 3.39. The van der Waals surface area contributed by atoms with Crippen LogP contribution in [0.1, 0.15) is 31.1 Å². The van der Waals surface area contributed by atoms with Gasteiger partial charge < -0.3 is 9.47 Å². The topological polar surface area (TPSA) is 59.3 Å². The molecular weight excluding hydrogens is 488 g/mol. The van der Waals surface area contributed by atoms with Gasteiger partial charge in [0.1, 0.15) is 11.8 Å². The van der Waals surface area contributed by atoms with Crippen molar-refractivity contribution in [3.05, 3.63) is 101 Å². The zero-order valence-corrected chi connectivity index (χ0v) is 20.6. The van der Waals surface area contributed by atoms with Gasteiger partial charge in [0, 0.05) is 15.6 Å². The Morgan fingerprint density at radius 1 is 1.11 bits per heavy atom. The molecule has 3 atom stereocenters. The Morgan fingerprint density at radius 3 is 2.46 bits per heavy atom. The molecule has 1 unspecified atom stereocenters. The van der Waals surface area contributed by atoms with E-state index in [0.29, 0.717) is 21.4 Å². The predicted molar refractivity (Wildman–Crippen MR) is 133 cm³/mol. The van der Waals surface area contributed by atoms with E-state index in [4.69, 9.17) is 32.7 Å². The lowest BCUT2D eigenvalue weighted by Gasteiger charge is -2.14. The number of nitriles is 1. The van der Waals surface area contributed by atoms with Crippen molar-refractivity contribution in [3.8, 4) is 17.6 Å². The van der Waals surface area contributed by atoms with Gasteiger partial charge in [-0.25, -0.2) is 4.39 Å². The summed E-state index contributed by atoms with van der Waals surface area (Å²) in [5, 5.41) is 10.8. The van der Waals surface area contributed by atoms with Gasteiger partial charge in [-0.15, -0.1) is 0 Å². The van der Waals surface area contributed by atoms with Crippen LogP contribution in [0, 0.1) is 34.4 Å². The molecule has 1 saturated carbocycles. The van der Waals surface area contributed by atoms with Crippen molar-refractivity contribution in [1.29, 1.82) is 5.26 Å². The molecule has 35 heavy (non-hydrogen) atoms. The third kappa shape index (κ3) is 5.51. The summed E-state index contributed by atoms with van der Waals surface area (Å²) in [5.41, 5.74) is 0.713. The van der Waals surface area contributed by atoms with E-state index in [2.05, 4.69) is 0 Å². The van der Waals surface area contributed by atoms with Crippen molar-refractivity contribution in [2.75, 3.05) is 0 Å². The van der Waals surface area contributed by atoms with E-state index >= 15 is 0 Å². The normalized spacial score (nSPS) is 19.4. The minimum absolute atomic E-state index is 0.0627. The molecule has 0 radical (unpaired) electrons. The number of carbonyl (C=O) groups is 1. The molecule has 178 valence electrons. The molecule has 0 spiro atoms. The lowest BCUT2D eigenvalue weighted by Crippen LogP contribution is -2.14. The summed E-state index contributed by atoms with van der Waals surface area (Å²) < 4.78 is 25.5. The quantitative estimate of drug-likeness (QED) is 0.303. The minimum Gasteiger partial charge on any atom is -0.454 e. The third-order valence-electron chi connectivity index (χ3n) is 6.19. The van der Waals surface area contributed by atoms with Gasteiger partial charge in [0.2, 0.25) is 6.10 Å². The molecule has 0 aliphatic heterocycles. The van der Waals surface area contributed by atoms with Crippen LogP contribution in [0.5, 0.6) is 11.5 Å². The number of hydrogen-bond acceptors (Lipinski definition) is 4. The first-order chi connectivity index (χ1) is 16.7. The smallest absolute Gasteiger partial charge is 0.311 e. The molecule has 4 nitrogen and oxygen atoms in total. The van der Waals surface area contributed by atoms with Gasteiger partial charge in [0.05, 0.1) is 5.92 Å². The standard InChI is InChI=1S/C28H22Cl2FNO3/c1-28(2)21(15-22(30)17-8-11-19(29)12-9-17)26(28)27(33)35-25(16-32)18-10-13-23(31)24(14-18)34-20-6-4-3-5-7-20/h3-15,21,25-26H,1-2H3/t21-,25?,26-/m0/s1. The van der Waals surface area contributed by atoms with E-state index < -0.39 is 29.2 Å². The first-order valence-electron chi connectivity index (χ1n) is 11.0. The molecular formula is C28H22Cl2FNO3. The Hall–Kier alpha value is -3.33. The number of halogens is 3. The van der Waals surface area contributed by atoms with Crippen molar-refractivity contribution in [1.82, 2.24) is 0 Å². The molecule has 0 heterocycles. The van der Waals surface area contributed by atoms with Crippen molar-refractivity contribution in [2.45, 2.75) is 20.0 Å². The highest BCUT2D eigenvalue weighted by Crippen LogP contribution is 2.60. The number of rotatable bonds is 7. The van der Waals surface area contributed by atoms with Gasteiger partial charge in [-0.3, -0.25) is 4.79 Å². The fourth-order valence-electron chi connectivity index (χ4n) is 4.04. The summed E-state index contributed by atoms with van der Waals surface area (Å²) in [6, 6.07) is 21.7. The van der Waals surface area contributed by atoms with E-state index in [0.717, 1.165) is 5.56 Å². The van der Waals surface area contributed by atoms with E-state index in [1.165, 1.54) is 18.2 Å². The van der Waals surface area contributed by atoms with Crippen molar-refractivity contribution < 1.29 is 18.7 Å². The summed E-state index contributed by atoms with van der Waals surface area (Å²) in [5.74, 6) is -1.36. The second kappa shape index (κ2) is 10.1. The molecule has 1 aliphatic rings. The maximum Gasteiger partial charge on any atom is 0.311 e. The van der Waals surface area contributed by atoms with Gasteiger partial charge in [-0.1, -0.05) is 79.5 Å². The van der Waals surface area contributed by atoms with Crippen LogP contribution in [0.15, 0.2) is 78.9 Å². The van der Waals surface area contributed by atoms with Crippen molar-refractivity contribution >= 4 is 34.2 Å². The van der Waals surface area contributed by atoms with Gasteiger partial charge in [-0.05, 0) is 53.3 Å². The number of ether oxygens (including phenoxy) is 2. The Kier molecular flexibility index (Phi) is 7.16. The van der Waals surface area contributed by atoms with Crippen molar-refractivity contribution in [2.24, 2.45) is 17.3 Å². The Balaban J connectivity index is 1.49. The van der Waals surface area contributed by atoms with Crippen LogP contribution in [-0.2, 0) is 9.53 Å². The molecule has 0 saturated heterocycles. The largest absolute Gasteiger partial charge is 0.454 e. The zero-order chi connectivity index (χ0) is 25.2. The molecule has 7 heteroatoms. The lowest BCUT2D eigenvalue weighted by molar-refractivity contribution is -0.149. The zero-order valence-electron chi connectivity index (χ0n) is 19.0. The van der Waals surface area contributed by atoms with E-state index in [9.17, 15) is 14.4 Å². The number of nitrogens with zero attached hydrogens (tertiary/aromatic N) is 1. The summed E-state index contributed by atoms with van der Waals surface area (Å²) in [6.45, 7) is 3.88. The number of hydrogen-bond donors (Lipinski definition) is 0. The van der Waals surface area contributed by atoms with Crippen LogP contribution < -0.4 is 4.74 Å². The van der Waals surface area contributed by atoms with Crippen molar-refractivity contribution in [3.63, 3.8) is 0 Å². The number of benzene rings is 3. The monoisotopic (exact) mass is 509 g/mol. The van der Waals surface area contributed by atoms with Gasteiger partial charge >= 0.3 is 5.97 Å².